The SMILES string of the molecule is CCCOC(=O)c1cccc(F)c1COc1ccn(C)n1. The predicted octanol–water partition coefficient (Wildman–Crippen LogP) is 2.71. The fourth-order valence-corrected chi connectivity index (χ4v) is 1.79. The Labute approximate surface area is 122 Å². The van der Waals surface area contributed by atoms with Crippen LogP contribution < -0.4 is 4.74 Å². The van der Waals surface area contributed by atoms with Gasteiger partial charge in [-0.2, -0.15) is 0 Å². The van der Waals surface area contributed by atoms with Crippen LogP contribution >= 0.6 is 0 Å². The molecule has 0 fully saturated rings. The first-order valence-electron chi connectivity index (χ1n) is 6.68. The van der Waals surface area contributed by atoms with Gasteiger partial charge in [-0.25, -0.2) is 9.18 Å². The van der Waals surface area contributed by atoms with Crippen LogP contribution in [0.25, 0.3) is 0 Å². The van der Waals surface area contributed by atoms with Crippen LogP contribution in [0.3, 0.4) is 0 Å². The standard InChI is InChI=1S/C15H17FN2O3/c1-3-9-20-15(19)11-5-4-6-13(16)12(11)10-21-14-7-8-18(2)17-14/h4-8H,3,9-10H2,1-2H3. The van der Waals surface area contributed by atoms with Gasteiger partial charge in [0.05, 0.1) is 12.2 Å². The van der Waals surface area contributed by atoms with Crippen LogP contribution in [0.1, 0.15) is 29.3 Å². The number of hydrogen-bond acceptors (Lipinski definition) is 4. The molecule has 0 radical (unpaired) electrons. The first kappa shape index (κ1) is 15.0. The van der Waals surface area contributed by atoms with Crippen LogP contribution in [0.4, 0.5) is 4.39 Å². The third-order valence-corrected chi connectivity index (χ3v) is 2.83. The van der Waals surface area contributed by atoms with Crippen LogP contribution in [0.2, 0.25) is 0 Å². The van der Waals surface area contributed by atoms with Gasteiger partial charge in [0.25, 0.3) is 0 Å². The maximum absolute atomic E-state index is 13.9. The molecule has 112 valence electrons. The third-order valence-electron chi connectivity index (χ3n) is 2.83. The van der Waals surface area contributed by atoms with Gasteiger partial charge in [0, 0.05) is 24.9 Å². The van der Waals surface area contributed by atoms with Gasteiger partial charge in [0.1, 0.15) is 12.4 Å². The second-order valence-corrected chi connectivity index (χ2v) is 4.52. The molecule has 1 aromatic carbocycles. The molecular weight excluding hydrogens is 275 g/mol. The van der Waals surface area contributed by atoms with E-state index >= 15 is 0 Å². The first-order chi connectivity index (χ1) is 10.1. The molecule has 0 aliphatic heterocycles. The Morgan fingerprint density at radius 1 is 1.38 bits per heavy atom. The van der Waals surface area contributed by atoms with Crippen molar-refractivity contribution in [2.45, 2.75) is 20.0 Å². The molecule has 0 N–H and O–H groups in total. The molecule has 0 saturated heterocycles. The summed E-state index contributed by atoms with van der Waals surface area (Å²) in [5, 5.41) is 4.04. The minimum absolute atomic E-state index is 0.0831. The average Bonchev–Trinajstić information content (AvgIpc) is 2.89. The summed E-state index contributed by atoms with van der Waals surface area (Å²) in [6.07, 6.45) is 2.42. The number of ether oxygens (including phenoxy) is 2. The van der Waals surface area contributed by atoms with Crippen molar-refractivity contribution < 1.29 is 18.7 Å². The largest absolute Gasteiger partial charge is 0.472 e. The van der Waals surface area contributed by atoms with Gasteiger partial charge >= 0.3 is 5.97 Å². The molecule has 0 spiro atoms. The van der Waals surface area contributed by atoms with Gasteiger partial charge in [-0.05, 0) is 18.6 Å². The number of halogens is 1. The van der Waals surface area contributed by atoms with E-state index in [1.165, 1.54) is 18.2 Å². The van der Waals surface area contributed by atoms with Crippen molar-refractivity contribution in [1.82, 2.24) is 9.78 Å². The van der Waals surface area contributed by atoms with Crippen molar-refractivity contribution in [2.75, 3.05) is 6.61 Å². The average molecular weight is 292 g/mol. The van der Waals surface area contributed by atoms with E-state index in [0.29, 0.717) is 18.9 Å². The topological polar surface area (TPSA) is 53.4 Å². The zero-order chi connectivity index (χ0) is 15.2. The third kappa shape index (κ3) is 3.81. The Morgan fingerprint density at radius 2 is 2.19 bits per heavy atom. The van der Waals surface area contributed by atoms with E-state index in [2.05, 4.69) is 5.10 Å². The van der Waals surface area contributed by atoms with E-state index in [1.807, 2.05) is 6.92 Å². The van der Waals surface area contributed by atoms with Gasteiger partial charge < -0.3 is 9.47 Å². The first-order valence-corrected chi connectivity index (χ1v) is 6.68. The molecule has 0 amide bonds. The van der Waals surface area contributed by atoms with E-state index in [4.69, 9.17) is 9.47 Å². The lowest BCUT2D eigenvalue weighted by atomic mass is 10.1. The molecule has 0 unspecified atom stereocenters. The van der Waals surface area contributed by atoms with Crippen molar-refractivity contribution >= 4 is 5.97 Å². The number of aryl methyl sites for hydroxylation is 1. The van der Waals surface area contributed by atoms with Crippen molar-refractivity contribution in [3.05, 3.63) is 47.4 Å². The van der Waals surface area contributed by atoms with Crippen molar-refractivity contribution in [1.29, 1.82) is 0 Å². The zero-order valence-corrected chi connectivity index (χ0v) is 12.0. The quantitative estimate of drug-likeness (QED) is 0.768. The van der Waals surface area contributed by atoms with Crippen LogP contribution in [-0.2, 0) is 18.4 Å². The Hall–Kier alpha value is -2.37. The molecule has 21 heavy (non-hydrogen) atoms. The number of carbonyl (C=O) groups is 1. The lowest BCUT2D eigenvalue weighted by Gasteiger charge is -2.10. The van der Waals surface area contributed by atoms with E-state index in [1.54, 1.807) is 24.0 Å². The fourth-order valence-electron chi connectivity index (χ4n) is 1.79. The summed E-state index contributed by atoms with van der Waals surface area (Å²) in [4.78, 5) is 11.9. The molecule has 1 aromatic heterocycles. The summed E-state index contributed by atoms with van der Waals surface area (Å²) in [5.41, 5.74) is 0.351. The summed E-state index contributed by atoms with van der Waals surface area (Å²) in [5.74, 6) is -0.679. The van der Waals surface area contributed by atoms with Crippen LogP contribution in [-0.4, -0.2) is 22.4 Å². The summed E-state index contributed by atoms with van der Waals surface area (Å²) < 4.78 is 26.0. The van der Waals surface area contributed by atoms with Gasteiger partial charge in [-0.1, -0.05) is 13.0 Å². The van der Waals surface area contributed by atoms with Gasteiger partial charge in [-0.15, -0.1) is 5.10 Å². The molecule has 0 aliphatic carbocycles. The highest BCUT2D eigenvalue weighted by molar-refractivity contribution is 5.91. The van der Waals surface area contributed by atoms with Crippen molar-refractivity contribution in [2.24, 2.45) is 7.05 Å². The number of benzene rings is 1. The minimum Gasteiger partial charge on any atom is -0.472 e. The Morgan fingerprint density at radius 3 is 2.86 bits per heavy atom. The fraction of sp³-hybridized carbons (Fsp3) is 0.333. The molecule has 2 aromatic rings. The van der Waals surface area contributed by atoms with E-state index < -0.39 is 11.8 Å². The number of rotatable bonds is 6. The lowest BCUT2D eigenvalue weighted by molar-refractivity contribution is 0.0501. The molecule has 0 aliphatic rings. The van der Waals surface area contributed by atoms with Gasteiger partial charge in [0.2, 0.25) is 5.88 Å². The number of esters is 1. The van der Waals surface area contributed by atoms with Gasteiger partial charge in [0.15, 0.2) is 0 Å². The smallest absolute Gasteiger partial charge is 0.338 e. The second kappa shape index (κ2) is 6.88. The number of carbonyl (C=O) groups excluding carboxylic acids is 1. The second-order valence-electron chi connectivity index (χ2n) is 4.52. The molecule has 1 heterocycles. The highest BCUT2D eigenvalue weighted by Gasteiger charge is 2.17. The Balaban J connectivity index is 2.15. The lowest BCUT2D eigenvalue weighted by Crippen LogP contribution is -2.12. The van der Waals surface area contributed by atoms with Crippen LogP contribution in [0.5, 0.6) is 5.88 Å². The summed E-state index contributed by atoms with van der Waals surface area (Å²) in [6, 6.07) is 5.95. The molecule has 0 atom stereocenters. The number of hydrogen-bond donors (Lipinski definition) is 0. The summed E-state index contributed by atoms with van der Waals surface area (Å²) >= 11 is 0. The highest BCUT2D eigenvalue weighted by atomic mass is 19.1. The molecule has 0 saturated carbocycles. The molecular formula is C15H17FN2O3. The van der Waals surface area contributed by atoms with Gasteiger partial charge in [-0.3, -0.25) is 4.68 Å². The highest BCUT2D eigenvalue weighted by Crippen LogP contribution is 2.17. The van der Waals surface area contributed by atoms with E-state index in [-0.39, 0.29) is 17.7 Å². The van der Waals surface area contributed by atoms with Crippen molar-refractivity contribution in [3.63, 3.8) is 0 Å². The predicted molar refractivity (Wildman–Crippen MR) is 74.5 cm³/mol. The van der Waals surface area contributed by atoms with Crippen LogP contribution in [0, 0.1) is 5.82 Å². The number of nitrogens with zero attached hydrogens (tertiary/aromatic N) is 2. The minimum atomic E-state index is -0.545. The van der Waals surface area contributed by atoms with E-state index in [9.17, 15) is 9.18 Å². The maximum Gasteiger partial charge on any atom is 0.338 e. The van der Waals surface area contributed by atoms with E-state index in [0.717, 1.165) is 0 Å². The van der Waals surface area contributed by atoms with Crippen molar-refractivity contribution in [3.8, 4) is 5.88 Å². The monoisotopic (exact) mass is 292 g/mol. The van der Waals surface area contributed by atoms with Crippen LogP contribution in [0.15, 0.2) is 30.5 Å². The molecule has 0 bridgehead atoms. The Kier molecular flexibility index (Phi) is 4.92. The summed E-state index contributed by atoms with van der Waals surface area (Å²) in [7, 11) is 1.75. The molecule has 2 rings (SSSR count). The maximum atomic E-state index is 13.9. The Bertz CT molecular complexity index is 625. The normalized spacial score (nSPS) is 10.4. The zero-order valence-electron chi connectivity index (χ0n) is 12.0. The molecule has 6 heteroatoms. The summed E-state index contributed by atoms with van der Waals surface area (Å²) in [6.45, 7) is 2.11. The molecule has 5 nitrogen and oxygen atoms in total. The number of aromatic nitrogens is 2.